The molecule has 2 nitrogen and oxygen atoms in total. The van der Waals surface area contributed by atoms with Gasteiger partial charge in [0.15, 0.2) is 5.60 Å². The van der Waals surface area contributed by atoms with Gasteiger partial charge in [-0.05, 0) is 12.2 Å². The smallest absolute Gasteiger partial charge is 0.167 e. The van der Waals surface area contributed by atoms with Crippen LogP contribution in [0.25, 0.3) is 0 Å². The zero-order chi connectivity index (χ0) is 9.24. The fourth-order valence-corrected chi connectivity index (χ4v) is 3.16. The third-order valence-corrected chi connectivity index (χ3v) is 3.90. The molecule has 0 bridgehead atoms. The second-order valence-electron chi connectivity index (χ2n) is 3.83. The monoisotopic (exact) mass is 185 g/mol. The van der Waals surface area contributed by atoms with Crippen molar-refractivity contribution in [2.75, 3.05) is 18.6 Å². The molecule has 12 heavy (non-hydrogen) atoms. The number of thioether (sulfide) groups is 1. The highest BCUT2D eigenvalue weighted by Gasteiger charge is 2.47. The molecule has 0 aromatic rings. The van der Waals surface area contributed by atoms with E-state index in [0.29, 0.717) is 0 Å². The maximum absolute atomic E-state index is 9.09. The van der Waals surface area contributed by atoms with Gasteiger partial charge in [-0.3, -0.25) is 0 Å². The van der Waals surface area contributed by atoms with E-state index in [2.05, 4.69) is 19.9 Å². The average molecular weight is 185 g/mol. The highest BCUT2D eigenvalue weighted by molar-refractivity contribution is 7.99. The van der Waals surface area contributed by atoms with Gasteiger partial charge < -0.3 is 4.74 Å². The van der Waals surface area contributed by atoms with Gasteiger partial charge in [-0.2, -0.15) is 17.0 Å². The summed E-state index contributed by atoms with van der Waals surface area (Å²) < 4.78 is 5.36. The molecule has 1 unspecified atom stereocenters. The molecule has 3 heteroatoms. The van der Waals surface area contributed by atoms with Crippen LogP contribution in [-0.4, -0.2) is 24.2 Å². The second kappa shape index (κ2) is 3.27. The molecule has 0 amide bonds. The molecule has 1 aliphatic rings. The largest absolute Gasteiger partial charge is 0.362 e. The molecule has 0 saturated carbocycles. The molecule has 0 N–H and O–H groups in total. The van der Waals surface area contributed by atoms with Crippen molar-refractivity contribution in [3.8, 4) is 6.07 Å². The Kier molecular flexibility index (Phi) is 2.70. The Balaban J connectivity index is 2.91. The van der Waals surface area contributed by atoms with Crippen molar-refractivity contribution >= 4 is 11.8 Å². The number of nitriles is 1. The van der Waals surface area contributed by atoms with Crippen LogP contribution in [0.1, 0.15) is 20.3 Å². The lowest BCUT2D eigenvalue weighted by Crippen LogP contribution is -2.50. The first kappa shape index (κ1) is 9.88. The van der Waals surface area contributed by atoms with Gasteiger partial charge in [0.25, 0.3) is 0 Å². The van der Waals surface area contributed by atoms with E-state index < -0.39 is 5.60 Å². The lowest BCUT2D eigenvalue weighted by Gasteiger charge is -2.43. The molecule has 0 radical (unpaired) electrons. The lowest BCUT2D eigenvalue weighted by molar-refractivity contribution is -0.0407. The summed E-state index contributed by atoms with van der Waals surface area (Å²) in [7, 11) is 1.64. The Morgan fingerprint density at radius 3 is 2.50 bits per heavy atom. The fraction of sp³-hybridized carbons (Fsp3) is 0.889. The molecular weight excluding hydrogens is 170 g/mol. The minimum Gasteiger partial charge on any atom is -0.362 e. The van der Waals surface area contributed by atoms with Crippen molar-refractivity contribution in [3.63, 3.8) is 0 Å². The molecule has 68 valence electrons. The first-order chi connectivity index (χ1) is 5.58. The highest BCUT2D eigenvalue weighted by atomic mass is 32.2. The molecule has 1 atom stereocenters. The summed E-state index contributed by atoms with van der Waals surface area (Å²) in [5, 5.41) is 9.09. The van der Waals surface area contributed by atoms with Gasteiger partial charge in [-0.1, -0.05) is 13.8 Å². The van der Waals surface area contributed by atoms with Crippen molar-refractivity contribution < 1.29 is 4.74 Å². The van der Waals surface area contributed by atoms with Crippen molar-refractivity contribution in [2.45, 2.75) is 25.9 Å². The predicted octanol–water partition coefficient (Wildman–Crippen LogP) is 2.06. The molecule has 1 rings (SSSR count). The minimum atomic E-state index is -0.573. The van der Waals surface area contributed by atoms with Gasteiger partial charge in [0.2, 0.25) is 0 Å². The van der Waals surface area contributed by atoms with Gasteiger partial charge in [0.1, 0.15) is 0 Å². The summed E-state index contributed by atoms with van der Waals surface area (Å²) in [5.41, 5.74) is -0.586. The van der Waals surface area contributed by atoms with E-state index in [-0.39, 0.29) is 5.41 Å². The zero-order valence-electron chi connectivity index (χ0n) is 7.89. The average Bonchev–Trinajstić information content (AvgIpc) is 2.05. The number of methoxy groups -OCH3 is 1. The second-order valence-corrected chi connectivity index (χ2v) is 4.93. The Hall–Kier alpha value is -0.200. The summed E-state index contributed by atoms with van der Waals surface area (Å²) in [6.45, 7) is 4.22. The SMILES string of the molecule is COC1(C#N)CSCCC1(C)C. The third-order valence-electron chi connectivity index (χ3n) is 2.80. The summed E-state index contributed by atoms with van der Waals surface area (Å²) in [6, 6.07) is 2.31. The van der Waals surface area contributed by atoms with E-state index in [0.717, 1.165) is 17.9 Å². The van der Waals surface area contributed by atoms with Crippen LogP contribution in [0.3, 0.4) is 0 Å². The predicted molar refractivity (Wildman–Crippen MR) is 51.1 cm³/mol. The molecule has 1 saturated heterocycles. The minimum absolute atomic E-state index is 0.0122. The van der Waals surface area contributed by atoms with Gasteiger partial charge in [0.05, 0.1) is 6.07 Å². The molecule has 1 aliphatic heterocycles. The molecule has 1 fully saturated rings. The number of nitrogens with zero attached hydrogens (tertiary/aromatic N) is 1. The number of rotatable bonds is 1. The Morgan fingerprint density at radius 2 is 2.17 bits per heavy atom. The first-order valence-electron chi connectivity index (χ1n) is 4.12. The summed E-state index contributed by atoms with van der Waals surface area (Å²) in [6.07, 6.45) is 1.05. The molecule has 0 spiro atoms. The summed E-state index contributed by atoms with van der Waals surface area (Å²) in [5.74, 6) is 1.94. The number of ether oxygens (including phenoxy) is 1. The molecule has 1 heterocycles. The van der Waals surface area contributed by atoms with Crippen LogP contribution in [0.4, 0.5) is 0 Å². The van der Waals surface area contributed by atoms with Crippen LogP contribution in [0, 0.1) is 16.7 Å². The third kappa shape index (κ3) is 1.34. The Labute approximate surface area is 78.3 Å². The first-order valence-corrected chi connectivity index (χ1v) is 5.28. The molecule has 0 aliphatic carbocycles. The van der Waals surface area contributed by atoms with E-state index in [1.807, 2.05) is 0 Å². The van der Waals surface area contributed by atoms with Gasteiger partial charge in [0, 0.05) is 18.3 Å². The lowest BCUT2D eigenvalue weighted by atomic mass is 9.74. The van der Waals surface area contributed by atoms with Crippen molar-refractivity contribution in [1.82, 2.24) is 0 Å². The molecule has 0 aromatic heterocycles. The maximum atomic E-state index is 9.09. The van der Waals surface area contributed by atoms with Gasteiger partial charge >= 0.3 is 0 Å². The van der Waals surface area contributed by atoms with E-state index in [4.69, 9.17) is 10.00 Å². The van der Waals surface area contributed by atoms with Gasteiger partial charge in [-0.25, -0.2) is 0 Å². The van der Waals surface area contributed by atoms with E-state index in [1.165, 1.54) is 0 Å². The van der Waals surface area contributed by atoms with Crippen LogP contribution in [0.5, 0.6) is 0 Å². The Morgan fingerprint density at radius 1 is 1.50 bits per heavy atom. The van der Waals surface area contributed by atoms with E-state index >= 15 is 0 Å². The maximum Gasteiger partial charge on any atom is 0.167 e. The normalized spacial score (nSPS) is 34.2. The summed E-state index contributed by atoms with van der Waals surface area (Å²) in [4.78, 5) is 0. The van der Waals surface area contributed by atoms with Crippen LogP contribution in [0.15, 0.2) is 0 Å². The van der Waals surface area contributed by atoms with E-state index in [9.17, 15) is 0 Å². The van der Waals surface area contributed by atoms with Crippen LogP contribution >= 0.6 is 11.8 Å². The van der Waals surface area contributed by atoms with Crippen LogP contribution in [-0.2, 0) is 4.74 Å². The topological polar surface area (TPSA) is 33.0 Å². The van der Waals surface area contributed by atoms with Crippen molar-refractivity contribution in [1.29, 1.82) is 5.26 Å². The van der Waals surface area contributed by atoms with Crippen molar-refractivity contribution in [3.05, 3.63) is 0 Å². The van der Waals surface area contributed by atoms with Crippen LogP contribution in [0.2, 0.25) is 0 Å². The molecular formula is C9H15NOS. The number of hydrogen-bond donors (Lipinski definition) is 0. The van der Waals surface area contributed by atoms with Crippen molar-refractivity contribution in [2.24, 2.45) is 5.41 Å². The highest BCUT2D eigenvalue weighted by Crippen LogP contribution is 2.43. The zero-order valence-corrected chi connectivity index (χ0v) is 8.70. The van der Waals surface area contributed by atoms with Gasteiger partial charge in [-0.15, -0.1) is 0 Å². The fourth-order valence-electron chi connectivity index (χ4n) is 1.50. The molecule has 0 aromatic carbocycles. The standard InChI is InChI=1S/C9H15NOS/c1-8(2)4-5-12-7-9(8,6-10)11-3/h4-5,7H2,1-3H3. The quantitative estimate of drug-likeness (QED) is 0.627. The summed E-state index contributed by atoms with van der Waals surface area (Å²) >= 11 is 1.81. The Bertz CT molecular complexity index is 209. The number of hydrogen-bond acceptors (Lipinski definition) is 3. The van der Waals surface area contributed by atoms with E-state index in [1.54, 1.807) is 18.9 Å². The van der Waals surface area contributed by atoms with Crippen LogP contribution < -0.4 is 0 Å².